The number of carbonyl (C=O) groups excluding carboxylic acids is 2. The lowest BCUT2D eigenvalue weighted by Crippen LogP contribution is -2.41. The molecule has 2 amide bonds. The topological polar surface area (TPSA) is 63.4 Å². The van der Waals surface area contributed by atoms with Crippen LogP contribution in [0.2, 0.25) is 0 Å². The lowest BCUT2D eigenvalue weighted by atomic mass is 10.2. The van der Waals surface area contributed by atoms with Crippen LogP contribution in [0.5, 0.6) is 0 Å². The molecule has 0 rings (SSSR count). The number of hydrogen-bond acceptors (Lipinski definition) is 2. The van der Waals surface area contributed by atoms with Gasteiger partial charge in [0, 0.05) is 13.1 Å². The molecule has 0 aliphatic heterocycles. The lowest BCUT2D eigenvalue weighted by molar-refractivity contribution is -0.144. The van der Waals surface area contributed by atoms with E-state index in [4.69, 9.17) is 5.73 Å². The number of carbonyl (C=O) groups is 2. The zero-order valence-corrected chi connectivity index (χ0v) is 9.79. The van der Waals surface area contributed by atoms with Crippen LogP contribution in [0.3, 0.4) is 0 Å². The number of hydrogen-bond donors (Lipinski definition) is 1. The third-order valence-electron chi connectivity index (χ3n) is 2.31. The van der Waals surface area contributed by atoms with Crippen molar-refractivity contribution in [3.05, 3.63) is 0 Å². The largest absolute Gasteiger partial charge is 0.361 e. The number of nitrogens with zero attached hydrogens (tertiary/aromatic N) is 1. The third-order valence-corrected chi connectivity index (χ3v) is 2.31. The van der Waals surface area contributed by atoms with Gasteiger partial charge in [-0.25, -0.2) is 0 Å². The summed E-state index contributed by atoms with van der Waals surface area (Å²) in [5.74, 6) is -1.39. The molecular formula is C11H22N2O2. The quantitative estimate of drug-likeness (QED) is 0.512. The molecular weight excluding hydrogens is 192 g/mol. The van der Waals surface area contributed by atoms with Crippen LogP contribution in [0.1, 0.15) is 46.0 Å². The highest BCUT2D eigenvalue weighted by Gasteiger charge is 2.17. The first kappa shape index (κ1) is 13.9. The van der Waals surface area contributed by atoms with Gasteiger partial charge >= 0.3 is 11.8 Å². The predicted octanol–water partition coefficient (Wildman–Crippen LogP) is 1.29. The van der Waals surface area contributed by atoms with Gasteiger partial charge < -0.3 is 10.6 Å². The first-order chi connectivity index (χ1) is 7.13. The van der Waals surface area contributed by atoms with Crippen molar-refractivity contribution in [3.8, 4) is 0 Å². The standard InChI is InChI=1S/C11H22N2O2/c1-3-5-7-9-13(8-6-4-2)11(15)10(12)14/h3-9H2,1-2H3,(H2,12,14). The molecule has 0 heterocycles. The van der Waals surface area contributed by atoms with E-state index in [2.05, 4.69) is 13.8 Å². The van der Waals surface area contributed by atoms with Gasteiger partial charge in [-0.3, -0.25) is 9.59 Å². The van der Waals surface area contributed by atoms with Crippen molar-refractivity contribution in [2.24, 2.45) is 5.73 Å². The van der Waals surface area contributed by atoms with E-state index in [1.165, 1.54) is 0 Å². The zero-order chi connectivity index (χ0) is 11.7. The summed E-state index contributed by atoms with van der Waals surface area (Å²) in [5, 5.41) is 0. The number of amides is 2. The van der Waals surface area contributed by atoms with Crippen molar-refractivity contribution >= 4 is 11.8 Å². The van der Waals surface area contributed by atoms with Crippen LogP contribution in [-0.2, 0) is 9.59 Å². The van der Waals surface area contributed by atoms with Gasteiger partial charge in [-0.05, 0) is 12.8 Å². The monoisotopic (exact) mass is 214 g/mol. The Morgan fingerprint density at radius 2 is 1.53 bits per heavy atom. The van der Waals surface area contributed by atoms with Gasteiger partial charge in [-0.1, -0.05) is 33.1 Å². The molecule has 0 aromatic rings. The summed E-state index contributed by atoms with van der Waals surface area (Å²) in [5.41, 5.74) is 4.98. The summed E-state index contributed by atoms with van der Waals surface area (Å²) in [6, 6.07) is 0. The van der Waals surface area contributed by atoms with Crippen molar-refractivity contribution in [2.45, 2.75) is 46.0 Å². The Kier molecular flexibility index (Phi) is 7.68. The smallest absolute Gasteiger partial charge is 0.311 e. The van der Waals surface area contributed by atoms with Gasteiger partial charge in [-0.15, -0.1) is 0 Å². The van der Waals surface area contributed by atoms with Gasteiger partial charge in [0.15, 0.2) is 0 Å². The third kappa shape index (κ3) is 6.10. The van der Waals surface area contributed by atoms with E-state index in [1.54, 1.807) is 4.90 Å². The second-order valence-electron chi connectivity index (χ2n) is 3.72. The summed E-state index contributed by atoms with van der Waals surface area (Å²) in [6.07, 6.45) is 5.06. The van der Waals surface area contributed by atoms with Crippen molar-refractivity contribution in [1.29, 1.82) is 0 Å². The normalized spacial score (nSPS) is 10.0. The van der Waals surface area contributed by atoms with Crippen LogP contribution >= 0.6 is 0 Å². The van der Waals surface area contributed by atoms with Crippen molar-refractivity contribution in [1.82, 2.24) is 4.90 Å². The Labute approximate surface area is 91.8 Å². The van der Waals surface area contributed by atoms with E-state index in [-0.39, 0.29) is 0 Å². The number of unbranched alkanes of at least 4 members (excludes halogenated alkanes) is 3. The van der Waals surface area contributed by atoms with Gasteiger partial charge in [-0.2, -0.15) is 0 Å². The summed E-state index contributed by atoms with van der Waals surface area (Å²) >= 11 is 0. The number of nitrogens with two attached hydrogens (primary N) is 1. The van der Waals surface area contributed by atoms with E-state index in [1.807, 2.05) is 0 Å². The molecule has 88 valence electrons. The summed E-state index contributed by atoms with van der Waals surface area (Å²) in [4.78, 5) is 23.7. The molecule has 0 saturated carbocycles. The average molecular weight is 214 g/mol. The molecule has 0 aromatic heterocycles. The van der Waals surface area contributed by atoms with E-state index < -0.39 is 11.8 Å². The van der Waals surface area contributed by atoms with E-state index in [0.717, 1.165) is 32.1 Å². The first-order valence-corrected chi connectivity index (χ1v) is 5.72. The van der Waals surface area contributed by atoms with Crippen LogP contribution in [-0.4, -0.2) is 29.8 Å². The van der Waals surface area contributed by atoms with E-state index in [9.17, 15) is 9.59 Å². The highest BCUT2D eigenvalue weighted by molar-refractivity contribution is 6.34. The molecule has 0 radical (unpaired) electrons. The van der Waals surface area contributed by atoms with Crippen LogP contribution in [0.25, 0.3) is 0 Å². The molecule has 4 nitrogen and oxygen atoms in total. The molecule has 0 saturated heterocycles. The molecule has 0 bridgehead atoms. The molecule has 0 atom stereocenters. The Hall–Kier alpha value is -1.06. The van der Waals surface area contributed by atoms with Gasteiger partial charge in [0.1, 0.15) is 0 Å². The fraction of sp³-hybridized carbons (Fsp3) is 0.818. The minimum atomic E-state index is -0.845. The Morgan fingerprint density at radius 1 is 1.00 bits per heavy atom. The maximum atomic E-state index is 11.4. The second kappa shape index (κ2) is 8.26. The molecule has 0 fully saturated rings. The Morgan fingerprint density at radius 3 is 2.00 bits per heavy atom. The molecule has 0 aliphatic carbocycles. The second-order valence-corrected chi connectivity index (χ2v) is 3.72. The highest BCUT2D eigenvalue weighted by atomic mass is 16.2. The maximum Gasteiger partial charge on any atom is 0.311 e. The van der Waals surface area contributed by atoms with Gasteiger partial charge in [0.2, 0.25) is 0 Å². The molecule has 0 spiro atoms. The van der Waals surface area contributed by atoms with Crippen molar-refractivity contribution < 1.29 is 9.59 Å². The zero-order valence-electron chi connectivity index (χ0n) is 9.79. The Bertz CT molecular complexity index is 205. The summed E-state index contributed by atoms with van der Waals surface area (Å²) in [7, 11) is 0. The van der Waals surface area contributed by atoms with Crippen LogP contribution in [0.15, 0.2) is 0 Å². The van der Waals surface area contributed by atoms with Crippen LogP contribution in [0.4, 0.5) is 0 Å². The van der Waals surface area contributed by atoms with Crippen LogP contribution < -0.4 is 5.73 Å². The predicted molar refractivity (Wildman–Crippen MR) is 60.2 cm³/mol. The molecule has 0 aliphatic rings. The first-order valence-electron chi connectivity index (χ1n) is 5.72. The maximum absolute atomic E-state index is 11.4. The average Bonchev–Trinajstić information content (AvgIpc) is 2.22. The van der Waals surface area contributed by atoms with E-state index in [0.29, 0.717) is 13.1 Å². The SMILES string of the molecule is CCCCCN(CCCC)C(=O)C(N)=O. The van der Waals surface area contributed by atoms with Gasteiger partial charge in [0.05, 0.1) is 0 Å². The van der Waals surface area contributed by atoms with Crippen LogP contribution in [0, 0.1) is 0 Å². The molecule has 0 aromatic carbocycles. The highest BCUT2D eigenvalue weighted by Crippen LogP contribution is 2.01. The number of primary amides is 1. The van der Waals surface area contributed by atoms with E-state index >= 15 is 0 Å². The van der Waals surface area contributed by atoms with Crippen molar-refractivity contribution in [2.75, 3.05) is 13.1 Å². The molecule has 0 unspecified atom stereocenters. The number of rotatable bonds is 7. The fourth-order valence-electron chi connectivity index (χ4n) is 1.37. The molecule has 15 heavy (non-hydrogen) atoms. The summed E-state index contributed by atoms with van der Waals surface area (Å²) in [6.45, 7) is 5.45. The van der Waals surface area contributed by atoms with Gasteiger partial charge in [0.25, 0.3) is 0 Å². The minimum absolute atomic E-state index is 0.542. The Balaban J connectivity index is 4.05. The summed E-state index contributed by atoms with van der Waals surface area (Å²) < 4.78 is 0. The fourth-order valence-corrected chi connectivity index (χ4v) is 1.37. The molecule has 2 N–H and O–H groups in total. The lowest BCUT2D eigenvalue weighted by Gasteiger charge is -2.20. The minimum Gasteiger partial charge on any atom is -0.361 e. The van der Waals surface area contributed by atoms with Crippen molar-refractivity contribution in [3.63, 3.8) is 0 Å². The molecule has 4 heteroatoms.